The van der Waals surface area contributed by atoms with Crippen LogP contribution in [-0.2, 0) is 10.1 Å². The molecule has 6 heteroatoms. The maximum absolute atomic E-state index is 10.4. The minimum Gasteiger partial charge on any atom is -0.324 e. The van der Waals surface area contributed by atoms with E-state index < -0.39 is 19.8 Å². The Morgan fingerprint density at radius 2 is 1.90 bits per heavy atom. The van der Waals surface area contributed by atoms with Crippen LogP contribution >= 0.6 is 15.9 Å². The highest BCUT2D eigenvalue weighted by Gasteiger charge is 2.32. The van der Waals surface area contributed by atoms with E-state index in [1.54, 1.807) is 0 Å². The van der Waals surface area contributed by atoms with Crippen LogP contribution in [0.25, 0.3) is 0 Å². The van der Waals surface area contributed by atoms with E-state index in [1.165, 1.54) is 13.8 Å². The molecule has 0 aliphatic carbocycles. The highest BCUT2D eigenvalue weighted by Crippen LogP contribution is 2.19. The summed E-state index contributed by atoms with van der Waals surface area (Å²) in [5, 5.41) is 0. The van der Waals surface area contributed by atoms with Crippen LogP contribution in [-0.4, -0.2) is 22.7 Å². The Bertz CT molecular complexity index is 205. The molecular formula is C4H10BrNO3S. The summed E-state index contributed by atoms with van der Waals surface area (Å²) in [6.45, 7) is 3.00. The quantitative estimate of drug-likeness (QED) is 0.531. The largest absolute Gasteiger partial charge is 0.324 e. The predicted molar refractivity (Wildman–Crippen MR) is 42.5 cm³/mol. The van der Waals surface area contributed by atoms with Gasteiger partial charge in [-0.1, -0.05) is 15.9 Å². The van der Waals surface area contributed by atoms with Gasteiger partial charge in [-0.2, -0.15) is 8.42 Å². The Hall–Kier alpha value is 0.350. The summed E-state index contributed by atoms with van der Waals surface area (Å²) in [4.78, 5) is 0. The Balaban J connectivity index is 4.56. The monoisotopic (exact) mass is 231 g/mol. The molecule has 0 bridgehead atoms. The van der Waals surface area contributed by atoms with E-state index in [-0.39, 0.29) is 0 Å². The zero-order chi connectivity index (χ0) is 8.58. The second-order valence-corrected chi connectivity index (χ2v) is 5.68. The van der Waals surface area contributed by atoms with E-state index >= 15 is 0 Å². The van der Waals surface area contributed by atoms with Crippen molar-refractivity contribution in [2.24, 2.45) is 5.73 Å². The fourth-order valence-corrected chi connectivity index (χ4v) is 1.15. The summed E-state index contributed by atoms with van der Waals surface area (Å²) < 4.78 is 28.2. The first-order valence-corrected chi connectivity index (χ1v) is 4.97. The number of alkyl halides is 1. The van der Waals surface area contributed by atoms with Crippen molar-refractivity contribution in [2.45, 2.75) is 23.5 Å². The van der Waals surface area contributed by atoms with Gasteiger partial charge < -0.3 is 5.73 Å². The third kappa shape index (κ3) is 2.96. The molecule has 0 rings (SSSR count). The average Bonchev–Trinajstić information content (AvgIpc) is 1.59. The smallest absolute Gasteiger partial charge is 0.279 e. The van der Waals surface area contributed by atoms with Crippen molar-refractivity contribution in [2.75, 3.05) is 0 Å². The van der Waals surface area contributed by atoms with Crippen molar-refractivity contribution in [1.29, 1.82) is 0 Å². The van der Waals surface area contributed by atoms with E-state index in [0.29, 0.717) is 0 Å². The summed E-state index contributed by atoms with van der Waals surface area (Å²) in [7, 11) is -4.07. The lowest BCUT2D eigenvalue weighted by molar-refractivity contribution is 0.453. The van der Waals surface area contributed by atoms with Crippen LogP contribution in [0.3, 0.4) is 0 Å². The Morgan fingerprint density at radius 1 is 1.60 bits per heavy atom. The van der Waals surface area contributed by atoms with Gasteiger partial charge in [-0.3, -0.25) is 4.55 Å². The van der Waals surface area contributed by atoms with Crippen molar-refractivity contribution >= 4 is 26.0 Å². The molecule has 0 saturated carbocycles. The second kappa shape index (κ2) is 2.77. The molecular weight excluding hydrogens is 222 g/mol. The molecule has 1 atom stereocenters. The minimum absolute atomic E-state index is 0.979. The van der Waals surface area contributed by atoms with Gasteiger partial charge in [0.05, 0.1) is 0 Å². The fourth-order valence-electron chi connectivity index (χ4n) is 0.384. The molecule has 0 aromatic rings. The minimum atomic E-state index is -4.07. The standard InChI is InChI=1S/C4H10BrNO3S/c1-4(2,6)3(5)10(7,8)9/h3H,6H2,1-2H3,(H,7,8,9). The molecule has 4 nitrogen and oxygen atoms in total. The Labute approximate surface area is 68.7 Å². The molecule has 62 valence electrons. The predicted octanol–water partition coefficient (Wildman–Crippen LogP) is 0.333. The van der Waals surface area contributed by atoms with Crippen molar-refractivity contribution in [3.05, 3.63) is 0 Å². The van der Waals surface area contributed by atoms with Gasteiger partial charge >= 0.3 is 0 Å². The molecule has 0 spiro atoms. The van der Waals surface area contributed by atoms with Gasteiger partial charge in [0.1, 0.15) is 0 Å². The molecule has 0 saturated heterocycles. The van der Waals surface area contributed by atoms with Crippen LogP contribution < -0.4 is 5.73 Å². The Morgan fingerprint density at radius 3 is 1.90 bits per heavy atom. The molecule has 0 aliphatic rings. The van der Waals surface area contributed by atoms with E-state index in [4.69, 9.17) is 10.3 Å². The Kier molecular flexibility index (Phi) is 2.86. The second-order valence-electron chi connectivity index (χ2n) is 2.65. The molecule has 10 heavy (non-hydrogen) atoms. The van der Waals surface area contributed by atoms with Gasteiger partial charge in [0.25, 0.3) is 10.1 Å². The third-order valence-corrected chi connectivity index (χ3v) is 4.57. The van der Waals surface area contributed by atoms with Gasteiger partial charge in [0, 0.05) is 5.54 Å². The van der Waals surface area contributed by atoms with E-state index in [1.807, 2.05) is 0 Å². The van der Waals surface area contributed by atoms with Crippen molar-refractivity contribution in [1.82, 2.24) is 0 Å². The third-order valence-electron chi connectivity index (χ3n) is 0.846. The van der Waals surface area contributed by atoms with E-state index in [2.05, 4.69) is 15.9 Å². The first-order valence-electron chi connectivity index (χ1n) is 2.55. The fraction of sp³-hybridized carbons (Fsp3) is 1.00. The SMILES string of the molecule is CC(C)(N)C(Br)S(=O)(=O)O. The lowest BCUT2D eigenvalue weighted by Crippen LogP contribution is -2.45. The number of hydrogen-bond donors (Lipinski definition) is 2. The van der Waals surface area contributed by atoms with Crippen molar-refractivity contribution in [3.8, 4) is 0 Å². The number of nitrogens with two attached hydrogens (primary N) is 1. The molecule has 0 aromatic heterocycles. The lowest BCUT2D eigenvalue weighted by Gasteiger charge is -2.22. The van der Waals surface area contributed by atoms with Gasteiger partial charge in [0.2, 0.25) is 0 Å². The summed E-state index contributed by atoms with van der Waals surface area (Å²) in [6.07, 6.45) is 0. The number of hydrogen-bond acceptors (Lipinski definition) is 3. The zero-order valence-corrected chi connectivity index (χ0v) is 8.11. The average molecular weight is 232 g/mol. The first kappa shape index (κ1) is 10.3. The summed E-state index contributed by atoms with van der Waals surface area (Å²) in [6, 6.07) is 0. The molecule has 0 amide bonds. The lowest BCUT2D eigenvalue weighted by atomic mass is 10.1. The number of rotatable bonds is 2. The maximum atomic E-state index is 10.4. The van der Waals surface area contributed by atoms with Crippen LogP contribution in [0.1, 0.15) is 13.8 Å². The first-order chi connectivity index (χ1) is 4.15. The van der Waals surface area contributed by atoms with Crippen molar-refractivity contribution < 1.29 is 13.0 Å². The summed E-state index contributed by atoms with van der Waals surface area (Å²) in [5.41, 5.74) is 4.40. The molecule has 1 unspecified atom stereocenters. The highest BCUT2D eigenvalue weighted by atomic mass is 79.9. The van der Waals surface area contributed by atoms with Gasteiger partial charge in [-0.15, -0.1) is 0 Å². The summed E-state index contributed by atoms with van der Waals surface area (Å²) in [5.74, 6) is 0. The number of halogens is 1. The van der Waals surface area contributed by atoms with Crippen molar-refractivity contribution in [3.63, 3.8) is 0 Å². The van der Waals surface area contributed by atoms with Gasteiger partial charge in [0.15, 0.2) is 4.16 Å². The van der Waals surface area contributed by atoms with Crippen LogP contribution in [0.5, 0.6) is 0 Å². The van der Waals surface area contributed by atoms with Gasteiger partial charge in [-0.25, -0.2) is 0 Å². The molecule has 3 N–H and O–H groups in total. The van der Waals surface area contributed by atoms with Gasteiger partial charge in [-0.05, 0) is 13.8 Å². The highest BCUT2D eigenvalue weighted by molar-refractivity contribution is 9.11. The summed E-state index contributed by atoms with van der Waals surface area (Å²) >= 11 is 2.76. The zero-order valence-electron chi connectivity index (χ0n) is 5.70. The van der Waals surface area contributed by atoms with E-state index in [0.717, 1.165) is 0 Å². The molecule has 0 heterocycles. The molecule has 0 aliphatic heterocycles. The van der Waals surface area contributed by atoms with Crippen LogP contribution in [0.4, 0.5) is 0 Å². The molecule has 0 radical (unpaired) electrons. The van der Waals surface area contributed by atoms with Crippen LogP contribution in [0, 0.1) is 0 Å². The normalized spacial score (nSPS) is 16.9. The molecule has 0 fully saturated rings. The van der Waals surface area contributed by atoms with E-state index in [9.17, 15) is 8.42 Å². The van der Waals surface area contributed by atoms with Crippen LogP contribution in [0.2, 0.25) is 0 Å². The topological polar surface area (TPSA) is 80.4 Å². The van der Waals surface area contributed by atoms with Crippen LogP contribution in [0.15, 0.2) is 0 Å². The molecule has 0 aromatic carbocycles. The maximum Gasteiger partial charge on any atom is 0.279 e.